The third-order valence-electron chi connectivity index (χ3n) is 0.862. The molecule has 0 saturated heterocycles. The van der Waals surface area contributed by atoms with E-state index in [1.54, 1.807) is 0 Å². The molecule has 2 nitrogen and oxygen atoms in total. The van der Waals surface area contributed by atoms with Crippen LogP contribution in [-0.2, 0) is 6.18 Å². The Morgan fingerprint density at radius 1 is 1.33 bits per heavy atom. The van der Waals surface area contributed by atoms with Gasteiger partial charge in [0.15, 0.2) is 0 Å². The summed E-state index contributed by atoms with van der Waals surface area (Å²) in [6, 6.07) is 0. The zero-order valence-corrected chi connectivity index (χ0v) is 7.07. The van der Waals surface area contributed by atoms with Crippen molar-refractivity contribution < 1.29 is 17.6 Å². The second kappa shape index (κ2) is 4.13. The smallest absolute Gasteiger partial charge is 0.441 e. The van der Waals surface area contributed by atoms with Gasteiger partial charge in [-0.1, -0.05) is 13.8 Å². The SMILES string of the molecule is CC.Cc1coc(C(F)(F)F)n1. The van der Waals surface area contributed by atoms with Gasteiger partial charge in [0.05, 0.1) is 5.69 Å². The highest BCUT2D eigenvalue weighted by Gasteiger charge is 2.36. The first-order valence-corrected chi connectivity index (χ1v) is 3.49. The molecule has 12 heavy (non-hydrogen) atoms. The van der Waals surface area contributed by atoms with E-state index in [4.69, 9.17) is 0 Å². The highest BCUT2D eigenvalue weighted by Crippen LogP contribution is 2.27. The summed E-state index contributed by atoms with van der Waals surface area (Å²) in [6.07, 6.45) is -3.50. The molecule has 70 valence electrons. The van der Waals surface area contributed by atoms with Crippen LogP contribution in [0.15, 0.2) is 10.7 Å². The fourth-order valence-corrected chi connectivity index (χ4v) is 0.484. The Bertz CT molecular complexity index is 229. The van der Waals surface area contributed by atoms with E-state index in [1.807, 2.05) is 13.8 Å². The number of nitrogens with zero attached hydrogens (tertiary/aromatic N) is 1. The number of alkyl halides is 3. The van der Waals surface area contributed by atoms with Gasteiger partial charge in [0.2, 0.25) is 0 Å². The fourth-order valence-electron chi connectivity index (χ4n) is 0.484. The lowest BCUT2D eigenvalue weighted by Crippen LogP contribution is -2.04. The van der Waals surface area contributed by atoms with Crippen molar-refractivity contribution in [1.29, 1.82) is 0 Å². The van der Waals surface area contributed by atoms with Gasteiger partial charge in [-0.25, -0.2) is 4.98 Å². The molecule has 0 aliphatic rings. The van der Waals surface area contributed by atoms with Crippen LogP contribution >= 0.6 is 0 Å². The topological polar surface area (TPSA) is 26.0 Å². The molecule has 0 atom stereocenters. The molecule has 1 heterocycles. The molecule has 1 aromatic heterocycles. The van der Waals surface area contributed by atoms with E-state index in [-0.39, 0.29) is 5.69 Å². The maximum Gasteiger partial charge on any atom is 0.468 e. The number of rotatable bonds is 0. The van der Waals surface area contributed by atoms with Crippen molar-refractivity contribution in [2.45, 2.75) is 26.9 Å². The molecule has 0 unspecified atom stereocenters. The van der Waals surface area contributed by atoms with Crippen LogP contribution in [-0.4, -0.2) is 4.98 Å². The Morgan fingerprint density at radius 3 is 2.00 bits per heavy atom. The Morgan fingerprint density at radius 2 is 1.83 bits per heavy atom. The molecule has 0 aliphatic heterocycles. The van der Waals surface area contributed by atoms with Gasteiger partial charge >= 0.3 is 12.1 Å². The van der Waals surface area contributed by atoms with Gasteiger partial charge in [0, 0.05) is 0 Å². The summed E-state index contributed by atoms with van der Waals surface area (Å²) in [6.45, 7) is 5.43. The summed E-state index contributed by atoms with van der Waals surface area (Å²) in [4.78, 5) is 3.09. The van der Waals surface area contributed by atoms with E-state index in [9.17, 15) is 13.2 Å². The Labute approximate surface area is 68.4 Å². The van der Waals surface area contributed by atoms with Crippen molar-refractivity contribution in [3.63, 3.8) is 0 Å². The van der Waals surface area contributed by atoms with E-state index in [1.165, 1.54) is 6.92 Å². The number of aryl methyl sites for hydroxylation is 1. The summed E-state index contributed by atoms with van der Waals surface area (Å²) in [7, 11) is 0. The Balaban J connectivity index is 0.000000561. The van der Waals surface area contributed by atoms with E-state index in [0.29, 0.717) is 0 Å². The lowest BCUT2D eigenvalue weighted by molar-refractivity contribution is -0.157. The normalized spacial score (nSPS) is 10.5. The molecule has 0 fully saturated rings. The van der Waals surface area contributed by atoms with Gasteiger partial charge in [0.25, 0.3) is 0 Å². The van der Waals surface area contributed by atoms with Crippen LogP contribution in [0.4, 0.5) is 13.2 Å². The third kappa shape index (κ3) is 2.94. The van der Waals surface area contributed by atoms with Crippen LogP contribution < -0.4 is 0 Å². The second-order valence-electron chi connectivity index (χ2n) is 1.79. The maximum atomic E-state index is 11.6. The van der Waals surface area contributed by atoms with Crippen LogP contribution in [0.3, 0.4) is 0 Å². The summed E-state index contributed by atoms with van der Waals surface area (Å²) in [5.74, 6) is -1.19. The summed E-state index contributed by atoms with van der Waals surface area (Å²) < 4.78 is 39.0. The number of hydrogen-bond acceptors (Lipinski definition) is 2. The first-order valence-electron chi connectivity index (χ1n) is 3.49. The monoisotopic (exact) mass is 181 g/mol. The van der Waals surface area contributed by atoms with E-state index in [0.717, 1.165) is 6.26 Å². The number of oxazole rings is 1. The van der Waals surface area contributed by atoms with Crippen molar-refractivity contribution in [1.82, 2.24) is 4.98 Å². The Hall–Kier alpha value is -1.00. The minimum Gasteiger partial charge on any atom is -0.441 e. The van der Waals surface area contributed by atoms with Gasteiger partial charge in [-0.2, -0.15) is 13.2 Å². The standard InChI is InChI=1S/C5H4F3NO.C2H6/c1-3-2-10-4(9-3)5(6,7)8;1-2/h2H,1H3;1-2H3. The molecule has 1 rings (SSSR count). The third-order valence-corrected chi connectivity index (χ3v) is 0.862. The first-order chi connectivity index (χ1) is 5.50. The van der Waals surface area contributed by atoms with Crippen LogP contribution in [0, 0.1) is 6.92 Å². The predicted molar refractivity (Wildman–Crippen MR) is 37.6 cm³/mol. The average molecular weight is 181 g/mol. The van der Waals surface area contributed by atoms with Gasteiger partial charge in [0.1, 0.15) is 6.26 Å². The highest BCUT2D eigenvalue weighted by molar-refractivity contribution is 4.95. The summed E-state index contributed by atoms with van der Waals surface area (Å²) in [5, 5.41) is 0. The zero-order valence-electron chi connectivity index (χ0n) is 7.07. The molecule has 0 N–H and O–H groups in total. The molecule has 0 bridgehead atoms. The van der Waals surface area contributed by atoms with E-state index < -0.39 is 12.1 Å². The average Bonchev–Trinajstić information content (AvgIpc) is 2.39. The van der Waals surface area contributed by atoms with Crippen molar-refractivity contribution in [2.24, 2.45) is 0 Å². The van der Waals surface area contributed by atoms with Gasteiger partial charge < -0.3 is 4.42 Å². The number of halogens is 3. The largest absolute Gasteiger partial charge is 0.468 e. The van der Waals surface area contributed by atoms with Crippen molar-refractivity contribution in [3.8, 4) is 0 Å². The molecular formula is C7H10F3NO. The minimum atomic E-state index is -4.46. The fraction of sp³-hybridized carbons (Fsp3) is 0.571. The quantitative estimate of drug-likeness (QED) is 0.614. The number of aromatic nitrogens is 1. The van der Waals surface area contributed by atoms with Crippen molar-refractivity contribution in [3.05, 3.63) is 17.8 Å². The molecule has 0 radical (unpaired) electrons. The summed E-state index contributed by atoms with van der Waals surface area (Å²) in [5.41, 5.74) is 0.229. The molecule has 5 heteroatoms. The summed E-state index contributed by atoms with van der Waals surface area (Å²) >= 11 is 0. The molecule has 0 aliphatic carbocycles. The van der Waals surface area contributed by atoms with Gasteiger partial charge in [-0.05, 0) is 6.92 Å². The Kier molecular flexibility index (Phi) is 3.79. The molecular weight excluding hydrogens is 171 g/mol. The zero-order chi connectivity index (χ0) is 9.78. The first kappa shape index (κ1) is 11.0. The molecule has 0 saturated carbocycles. The van der Waals surface area contributed by atoms with Gasteiger partial charge in [-0.3, -0.25) is 0 Å². The molecule has 0 aromatic carbocycles. The van der Waals surface area contributed by atoms with Gasteiger partial charge in [-0.15, -0.1) is 0 Å². The molecule has 0 amide bonds. The lowest BCUT2D eigenvalue weighted by atomic mass is 10.6. The van der Waals surface area contributed by atoms with Crippen LogP contribution in [0.25, 0.3) is 0 Å². The van der Waals surface area contributed by atoms with E-state index >= 15 is 0 Å². The minimum absolute atomic E-state index is 0.229. The van der Waals surface area contributed by atoms with Crippen molar-refractivity contribution in [2.75, 3.05) is 0 Å². The highest BCUT2D eigenvalue weighted by atomic mass is 19.4. The van der Waals surface area contributed by atoms with Crippen LogP contribution in [0.2, 0.25) is 0 Å². The van der Waals surface area contributed by atoms with Crippen LogP contribution in [0.1, 0.15) is 25.4 Å². The maximum absolute atomic E-state index is 11.6. The number of hydrogen-bond donors (Lipinski definition) is 0. The second-order valence-corrected chi connectivity index (χ2v) is 1.79. The van der Waals surface area contributed by atoms with E-state index in [2.05, 4.69) is 9.40 Å². The predicted octanol–water partition coefficient (Wildman–Crippen LogP) is 3.03. The van der Waals surface area contributed by atoms with Crippen LogP contribution in [0.5, 0.6) is 0 Å². The lowest BCUT2D eigenvalue weighted by Gasteiger charge is -1.96. The molecule has 0 spiro atoms. The molecule has 1 aromatic rings. The van der Waals surface area contributed by atoms with Crippen molar-refractivity contribution >= 4 is 0 Å².